The van der Waals surface area contributed by atoms with Crippen LogP contribution >= 0.6 is 12.2 Å². The molecule has 0 fully saturated rings. The van der Waals surface area contributed by atoms with E-state index in [2.05, 4.69) is 17.5 Å². The van der Waals surface area contributed by atoms with Crippen LogP contribution in [0, 0.1) is 6.92 Å². The minimum atomic E-state index is -0.215. The molecule has 0 aromatic heterocycles. The molecular formula is C14H15NOS. The molecule has 0 heterocycles. The highest BCUT2D eigenvalue weighted by molar-refractivity contribution is 7.78. The Morgan fingerprint density at radius 2 is 2.00 bits per heavy atom. The first-order chi connectivity index (χ1) is 8.19. The third kappa shape index (κ3) is 3.96. The van der Waals surface area contributed by atoms with E-state index in [4.69, 9.17) is 0 Å². The predicted molar refractivity (Wildman–Crippen MR) is 75.8 cm³/mol. The Bertz CT molecular complexity index is 475. The van der Waals surface area contributed by atoms with E-state index in [0.717, 1.165) is 11.1 Å². The Hall–Kier alpha value is -1.74. The fraction of sp³-hybridized carbons (Fsp3) is 0.143. The van der Waals surface area contributed by atoms with Crippen molar-refractivity contribution in [3.05, 3.63) is 53.6 Å². The summed E-state index contributed by atoms with van der Waals surface area (Å²) >= 11 is 4.55. The van der Waals surface area contributed by atoms with Gasteiger partial charge in [0.2, 0.25) is 5.91 Å². The second kappa shape index (κ2) is 6.76. The molecule has 88 valence electrons. The van der Waals surface area contributed by atoms with Crippen LogP contribution in [0.15, 0.2) is 42.5 Å². The van der Waals surface area contributed by atoms with E-state index in [1.807, 2.05) is 44.2 Å². The topological polar surface area (TPSA) is 29.1 Å². The van der Waals surface area contributed by atoms with Crippen molar-refractivity contribution in [1.82, 2.24) is 5.32 Å². The number of allylic oxidation sites excluding steroid dienone is 3. The Balaban J connectivity index is 2.92. The number of thiocarbonyl (C=S) groups is 1. The van der Waals surface area contributed by atoms with E-state index < -0.39 is 0 Å². The molecule has 2 nitrogen and oxygen atoms in total. The van der Waals surface area contributed by atoms with Gasteiger partial charge in [-0.3, -0.25) is 4.79 Å². The van der Waals surface area contributed by atoms with Crippen LogP contribution < -0.4 is 5.32 Å². The van der Waals surface area contributed by atoms with E-state index in [-0.39, 0.29) is 5.91 Å². The maximum Gasteiger partial charge on any atom is 0.248 e. The van der Waals surface area contributed by atoms with Crippen LogP contribution in [0.25, 0.3) is 5.57 Å². The maximum atomic E-state index is 11.3. The van der Waals surface area contributed by atoms with Crippen molar-refractivity contribution in [2.75, 3.05) is 0 Å². The number of amides is 1. The Kier molecular flexibility index (Phi) is 5.30. The number of carbonyl (C=O) groups is 1. The van der Waals surface area contributed by atoms with E-state index >= 15 is 0 Å². The third-order valence-electron chi connectivity index (χ3n) is 2.38. The Labute approximate surface area is 107 Å². The minimum absolute atomic E-state index is 0.215. The zero-order valence-electron chi connectivity index (χ0n) is 9.94. The van der Waals surface area contributed by atoms with Crippen molar-refractivity contribution in [3.8, 4) is 0 Å². The van der Waals surface area contributed by atoms with Gasteiger partial charge in [-0.25, -0.2) is 0 Å². The van der Waals surface area contributed by atoms with E-state index in [0.29, 0.717) is 0 Å². The molecule has 0 aliphatic heterocycles. The minimum Gasteiger partial charge on any atom is -0.319 e. The fourth-order valence-electron chi connectivity index (χ4n) is 1.51. The first-order valence-corrected chi connectivity index (χ1v) is 5.80. The number of carbonyl (C=O) groups excluding carboxylic acids is 1. The van der Waals surface area contributed by atoms with Gasteiger partial charge in [0.1, 0.15) is 0 Å². The lowest BCUT2D eigenvalue weighted by Gasteiger charge is -2.05. The summed E-state index contributed by atoms with van der Waals surface area (Å²) in [5, 5.41) is 2.43. The van der Waals surface area contributed by atoms with Crippen LogP contribution in [0.4, 0.5) is 0 Å². The van der Waals surface area contributed by atoms with Crippen LogP contribution in [0.5, 0.6) is 0 Å². The molecule has 0 atom stereocenters. The fourth-order valence-corrected chi connectivity index (χ4v) is 1.63. The average molecular weight is 245 g/mol. The molecule has 0 aliphatic carbocycles. The Morgan fingerprint density at radius 1 is 1.29 bits per heavy atom. The molecule has 0 saturated carbocycles. The number of aryl methyl sites for hydroxylation is 1. The largest absolute Gasteiger partial charge is 0.319 e. The lowest BCUT2D eigenvalue weighted by molar-refractivity contribution is -0.115. The predicted octanol–water partition coefficient (Wildman–Crippen LogP) is 3.03. The summed E-state index contributed by atoms with van der Waals surface area (Å²) in [6, 6.07) is 8.06. The molecule has 0 aliphatic rings. The monoisotopic (exact) mass is 245 g/mol. The standard InChI is InChI=1S/C14H15NOS/c1-3-12(8-9-14(16)15-10-17)13-7-5-4-6-11(13)2/h3-10H,1-2H3,(H,15,16,17)/b9-8?,12-3-. The van der Waals surface area contributed by atoms with Crippen molar-refractivity contribution in [1.29, 1.82) is 0 Å². The SMILES string of the molecule is C/C=C(/C=CC(=O)NC=S)c1ccccc1C. The number of hydrogen-bond acceptors (Lipinski definition) is 2. The molecule has 0 saturated heterocycles. The lowest BCUT2D eigenvalue weighted by Crippen LogP contribution is -2.17. The van der Waals surface area contributed by atoms with E-state index in [9.17, 15) is 4.79 Å². The second-order valence-electron chi connectivity index (χ2n) is 3.52. The van der Waals surface area contributed by atoms with Crippen LogP contribution in [-0.4, -0.2) is 11.4 Å². The average Bonchev–Trinajstić information content (AvgIpc) is 2.32. The van der Waals surface area contributed by atoms with E-state index in [1.165, 1.54) is 17.1 Å². The molecule has 17 heavy (non-hydrogen) atoms. The molecule has 1 rings (SSSR count). The summed E-state index contributed by atoms with van der Waals surface area (Å²) in [6.07, 6.45) is 5.24. The smallest absolute Gasteiger partial charge is 0.248 e. The van der Waals surface area contributed by atoms with Crippen LogP contribution in [0.1, 0.15) is 18.1 Å². The highest BCUT2D eigenvalue weighted by Gasteiger charge is 2.00. The number of rotatable bonds is 4. The third-order valence-corrected chi connectivity index (χ3v) is 2.50. The molecular weight excluding hydrogens is 230 g/mol. The number of benzene rings is 1. The van der Waals surface area contributed by atoms with Gasteiger partial charge in [-0.05, 0) is 36.6 Å². The summed E-state index contributed by atoms with van der Waals surface area (Å²) in [5.74, 6) is -0.215. The highest BCUT2D eigenvalue weighted by atomic mass is 32.1. The summed E-state index contributed by atoms with van der Waals surface area (Å²) in [5.41, 5.74) is 4.53. The van der Waals surface area contributed by atoms with Crippen molar-refractivity contribution in [2.24, 2.45) is 0 Å². The quantitative estimate of drug-likeness (QED) is 0.502. The summed E-state index contributed by atoms with van der Waals surface area (Å²) < 4.78 is 0. The van der Waals surface area contributed by atoms with Crippen molar-refractivity contribution in [2.45, 2.75) is 13.8 Å². The van der Waals surface area contributed by atoms with Gasteiger partial charge in [0.05, 0.1) is 5.49 Å². The maximum absolute atomic E-state index is 11.3. The van der Waals surface area contributed by atoms with Gasteiger partial charge in [0.25, 0.3) is 0 Å². The van der Waals surface area contributed by atoms with Gasteiger partial charge in [-0.2, -0.15) is 0 Å². The van der Waals surface area contributed by atoms with Crippen LogP contribution in [-0.2, 0) is 4.79 Å². The van der Waals surface area contributed by atoms with E-state index in [1.54, 1.807) is 6.08 Å². The molecule has 1 aromatic rings. The van der Waals surface area contributed by atoms with Crippen molar-refractivity contribution < 1.29 is 4.79 Å². The Morgan fingerprint density at radius 3 is 2.59 bits per heavy atom. The van der Waals surface area contributed by atoms with Gasteiger partial charge in [-0.1, -0.05) is 42.6 Å². The van der Waals surface area contributed by atoms with Gasteiger partial charge < -0.3 is 5.32 Å². The first-order valence-electron chi connectivity index (χ1n) is 5.33. The first kappa shape index (κ1) is 13.3. The summed E-state index contributed by atoms with van der Waals surface area (Å²) in [7, 11) is 0. The summed E-state index contributed by atoms with van der Waals surface area (Å²) in [4.78, 5) is 11.3. The van der Waals surface area contributed by atoms with Gasteiger partial charge in [-0.15, -0.1) is 0 Å². The molecule has 1 N–H and O–H groups in total. The lowest BCUT2D eigenvalue weighted by atomic mass is 10.00. The van der Waals surface area contributed by atoms with Gasteiger partial charge >= 0.3 is 0 Å². The molecule has 0 spiro atoms. The summed E-state index contributed by atoms with van der Waals surface area (Å²) in [6.45, 7) is 3.99. The second-order valence-corrected chi connectivity index (χ2v) is 3.75. The zero-order valence-corrected chi connectivity index (χ0v) is 10.8. The zero-order chi connectivity index (χ0) is 12.7. The molecule has 3 heteroatoms. The molecule has 0 radical (unpaired) electrons. The van der Waals surface area contributed by atoms with Crippen LogP contribution in [0.3, 0.4) is 0 Å². The molecule has 0 unspecified atom stereocenters. The molecule has 1 aromatic carbocycles. The highest BCUT2D eigenvalue weighted by Crippen LogP contribution is 2.19. The molecule has 0 bridgehead atoms. The number of nitrogens with one attached hydrogen (secondary N) is 1. The van der Waals surface area contributed by atoms with Crippen molar-refractivity contribution >= 4 is 29.2 Å². The van der Waals surface area contributed by atoms with Gasteiger partial charge in [0.15, 0.2) is 0 Å². The normalized spacial score (nSPS) is 11.5. The van der Waals surface area contributed by atoms with Gasteiger partial charge in [0, 0.05) is 6.08 Å². The van der Waals surface area contributed by atoms with Crippen LogP contribution in [0.2, 0.25) is 0 Å². The van der Waals surface area contributed by atoms with Crippen molar-refractivity contribution in [3.63, 3.8) is 0 Å². The number of hydrogen-bond donors (Lipinski definition) is 1. The molecule has 1 amide bonds.